The second-order valence-corrected chi connectivity index (χ2v) is 7.45. The van der Waals surface area contributed by atoms with Gasteiger partial charge >= 0.3 is 6.09 Å². The monoisotopic (exact) mass is 414 g/mol. The summed E-state index contributed by atoms with van der Waals surface area (Å²) in [5.74, 6) is -0.121. The van der Waals surface area contributed by atoms with Crippen LogP contribution in [-0.2, 0) is 27.2 Å². The second kappa shape index (κ2) is 9.49. The zero-order chi connectivity index (χ0) is 20.8. The van der Waals surface area contributed by atoms with Crippen molar-refractivity contribution in [2.45, 2.75) is 26.3 Å². The maximum Gasteiger partial charge on any atom is 0.410 e. The minimum absolute atomic E-state index is 0.121. The molecule has 29 heavy (non-hydrogen) atoms. The van der Waals surface area contributed by atoms with E-state index in [4.69, 9.17) is 9.47 Å². The summed E-state index contributed by atoms with van der Waals surface area (Å²) in [6.45, 7) is 3.12. The number of nitriles is 1. The average molecular weight is 414 g/mol. The Morgan fingerprint density at radius 2 is 2.24 bits per heavy atom. The highest BCUT2D eigenvalue weighted by Gasteiger charge is 2.31. The number of hydrogen-bond acceptors (Lipinski definition) is 7. The minimum Gasteiger partial charge on any atom is -0.447 e. The highest BCUT2D eigenvalue weighted by Crippen LogP contribution is 2.42. The van der Waals surface area contributed by atoms with Crippen molar-refractivity contribution in [2.24, 2.45) is 0 Å². The molecule has 0 fully saturated rings. The molecule has 1 aliphatic rings. The molecule has 0 saturated heterocycles. The predicted molar refractivity (Wildman–Crippen MR) is 108 cm³/mol. The first-order chi connectivity index (χ1) is 14.1. The summed E-state index contributed by atoms with van der Waals surface area (Å²) in [5.41, 5.74) is 2.00. The third-order valence-electron chi connectivity index (χ3n) is 4.58. The Labute approximate surface area is 173 Å². The van der Waals surface area contributed by atoms with Crippen LogP contribution in [0.5, 0.6) is 0 Å². The Hall–Kier alpha value is -2.96. The molecule has 0 N–H and O–H groups in total. The first-order valence-corrected chi connectivity index (χ1v) is 10.1. The van der Waals surface area contributed by atoms with E-state index in [0.29, 0.717) is 48.8 Å². The number of aromatic nitrogens is 1. The molecular formula is C20H22N4O4S. The molecule has 0 radical (unpaired) electrons. The molecule has 2 aromatic rings. The van der Waals surface area contributed by atoms with Crippen LogP contribution in [0.15, 0.2) is 24.5 Å². The number of pyridine rings is 1. The van der Waals surface area contributed by atoms with Crippen LogP contribution in [0.3, 0.4) is 0 Å². The van der Waals surface area contributed by atoms with E-state index in [2.05, 4.69) is 11.1 Å². The van der Waals surface area contributed by atoms with Gasteiger partial charge in [-0.3, -0.25) is 14.7 Å². The summed E-state index contributed by atoms with van der Waals surface area (Å²) in [7, 11) is 1.54. The fourth-order valence-corrected chi connectivity index (χ4v) is 4.49. The van der Waals surface area contributed by atoms with Gasteiger partial charge in [-0.1, -0.05) is 6.92 Å². The zero-order valence-electron chi connectivity index (χ0n) is 16.4. The maximum absolute atomic E-state index is 12.7. The normalized spacial score (nSPS) is 12.8. The van der Waals surface area contributed by atoms with E-state index in [1.807, 2.05) is 0 Å². The van der Waals surface area contributed by atoms with Crippen molar-refractivity contribution in [3.8, 4) is 6.07 Å². The van der Waals surface area contributed by atoms with Crippen LogP contribution in [0.1, 0.15) is 29.3 Å². The summed E-state index contributed by atoms with van der Waals surface area (Å²) in [5, 5.41) is 10.4. The maximum atomic E-state index is 12.7. The smallest absolute Gasteiger partial charge is 0.410 e. The lowest BCUT2D eigenvalue weighted by atomic mass is 10.0. The third-order valence-corrected chi connectivity index (χ3v) is 5.78. The fraction of sp³-hybridized carbons (Fsp3) is 0.400. The van der Waals surface area contributed by atoms with Crippen LogP contribution in [-0.4, -0.2) is 48.8 Å². The Balaban J connectivity index is 1.92. The van der Waals surface area contributed by atoms with Gasteiger partial charge in [0.25, 0.3) is 0 Å². The number of hydrogen-bond donors (Lipinski definition) is 0. The minimum atomic E-state index is -0.407. The molecule has 8 nitrogen and oxygen atoms in total. The Kier molecular flexibility index (Phi) is 6.80. The standard InChI is InChI=1S/C20H22N4O4S/c1-3-18(25)24(14-5-4-7-22-12-14)19-16(11-21)15-6-8-23(13-17(15)29-19)20(26)28-10-9-27-2/h4-5,7,12H,3,6,8-10,13H2,1-2H3. The first kappa shape index (κ1) is 20.8. The van der Waals surface area contributed by atoms with Crippen molar-refractivity contribution < 1.29 is 19.1 Å². The van der Waals surface area contributed by atoms with E-state index in [-0.39, 0.29) is 12.5 Å². The number of amides is 2. The highest BCUT2D eigenvalue weighted by atomic mass is 32.1. The van der Waals surface area contributed by atoms with Gasteiger partial charge in [0, 0.05) is 31.1 Å². The van der Waals surface area contributed by atoms with E-state index in [1.54, 1.807) is 48.4 Å². The second-order valence-electron chi connectivity index (χ2n) is 6.37. The van der Waals surface area contributed by atoms with Crippen molar-refractivity contribution in [1.29, 1.82) is 5.26 Å². The molecule has 3 heterocycles. The Morgan fingerprint density at radius 1 is 1.41 bits per heavy atom. The number of nitrogens with zero attached hydrogens (tertiary/aromatic N) is 4. The van der Waals surface area contributed by atoms with Crippen LogP contribution in [0.25, 0.3) is 0 Å². The lowest BCUT2D eigenvalue weighted by Crippen LogP contribution is -2.36. The number of anilines is 2. The fourth-order valence-electron chi connectivity index (χ4n) is 3.14. The lowest BCUT2D eigenvalue weighted by molar-refractivity contribution is -0.117. The van der Waals surface area contributed by atoms with Gasteiger partial charge in [-0.15, -0.1) is 11.3 Å². The largest absolute Gasteiger partial charge is 0.447 e. The van der Waals surface area contributed by atoms with E-state index < -0.39 is 6.09 Å². The summed E-state index contributed by atoms with van der Waals surface area (Å²) < 4.78 is 10.1. The van der Waals surface area contributed by atoms with Crippen LogP contribution in [0.2, 0.25) is 0 Å². The number of rotatable bonds is 6. The van der Waals surface area contributed by atoms with Crippen molar-refractivity contribution >= 4 is 34.0 Å². The molecular weight excluding hydrogens is 392 g/mol. The van der Waals surface area contributed by atoms with Crippen LogP contribution in [0, 0.1) is 11.3 Å². The van der Waals surface area contributed by atoms with E-state index >= 15 is 0 Å². The van der Waals surface area contributed by atoms with Gasteiger partial charge < -0.3 is 14.4 Å². The summed E-state index contributed by atoms with van der Waals surface area (Å²) in [6.07, 6.45) is 3.66. The molecule has 2 amide bonds. The molecule has 0 unspecified atom stereocenters. The molecule has 1 aliphatic heterocycles. The lowest BCUT2D eigenvalue weighted by Gasteiger charge is -2.26. The van der Waals surface area contributed by atoms with Gasteiger partial charge in [-0.2, -0.15) is 5.26 Å². The highest BCUT2D eigenvalue weighted by molar-refractivity contribution is 7.16. The number of carbonyl (C=O) groups is 2. The average Bonchev–Trinajstić information content (AvgIpc) is 3.11. The molecule has 0 saturated carbocycles. The Morgan fingerprint density at radius 3 is 2.90 bits per heavy atom. The quantitative estimate of drug-likeness (QED) is 0.674. The molecule has 152 valence electrons. The topological polar surface area (TPSA) is 95.8 Å². The Bertz CT molecular complexity index is 923. The van der Waals surface area contributed by atoms with E-state index in [0.717, 1.165) is 10.4 Å². The van der Waals surface area contributed by atoms with Gasteiger partial charge in [-0.05, 0) is 24.1 Å². The molecule has 0 aromatic carbocycles. The molecule has 2 aromatic heterocycles. The number of fused-ring (bicyclic) bond motifs is 1. The number of methoxy groups -OCH3 is 1. The van der Waals surface area contributed by atoms with Crippen molar-refractivity contribution in [3.63, 3.8) is 0 Å². The van der Waals surface area contributed by atoms with Crippen LogP contribution < -0.4 is 4.90 Å². The third kappa shape index (κ3) is 4.39. The summed E-state index contributed by atoms with van der Waals surface area (Å²) in [6, 6.07) is 5.81. The SMILES string of the molecule is CCC(=O)N(c1cccnc1)c1sc2c(c1C#N)CCN(C(=O)OCCOC)C2. The van der Waals surface area contributed by atoms with Gasteiger partial charge in [-0.25, -0.2) is 4.79 Å². The van der Waals surface area contributed by atoms with Gasteiger partial charge in [0.15, 0.2) is 0 Å². The van der Waals surface area contributed by atoms with E-state index in [1.165, 1.54) is 11.3 Å². The van der Waals surface area contributed by atoms with Gasteiger partial charge in [0.05, 0.1) is 30.6 Å². The zero-order valence-corrected chi connectivity index (χ0v) is 17.2. The van der Waals surface area contributed by atoms with Gasteiger partial charge in [0.1, 0.15) is 17.7 Å². The number of carbonyl (C=O) groups excluding carboxylic acids is 2. The first-order valence-electron chi connectivity index (χ1n) is 9.28. The molecule has 0 aliphatic carbocycles. The molecule has 0 atom stereocenters. The van der Waals surface area contributed by atoms with Crippen LogP contribution in [0.4, 0.5) is 15.5 Å². The molecule has 0 bridgehead atoms. The van der Waals surface area contributed by atoms with E-state index in [9.17, 15) is 14.9 Å². The molecule has 0 spiro atoms. The number of thiophene rings is 1. The van der Waals surface area contributed by atoms with Crippen molar-refractivity contribution in [3.05, 3.63) is 40.5 Å². The molecule has 3 rings (SSSR count). The number of ether oxygens (including phenoxy) is 2. The van der Waals surface area contributed by atoms with Crippen molar-refractivity contribution in [1.82, 2.24) is 9.88 Å². The van der Waals surface area contributed by atoms with Crippen molar-refractivity contribution in [2.75, 3.05) is 31.8 Å². The van der Waals surface area contributed by atoms with Gasteiger partial charge in [0.2, 0.25) is 5.91 Å². The predicted octanol–water partition coefficient (Wildman–Crippen LogP) is 3.23. The summed E-state index contributed by atoms with van der Waals surface area (Å²) >= 11 is 1.36. The van der Waals surface area contributed by atoms with Crippen LogP contribution >= 0.6 is 11.3 Å². The molecule has 9 heteroatoms. The summed E-state index contributed by atoms with van der Waals surface area (Å²) in [4.78, 5) is 33.1.